The Morgan fingerprint density at radius 1 is 1.29 bits per heavy atom. The minimum Gasteiger partial charge on any atom is -0.446 e. The zero-order valence-corrected chi connectivity index (χ0v) is 17.3. The fourth-order valence-corrected chi connectivity index (χ4v) is 3.13. The third-order valence-electron chi connectivity index (χ3n) is 4.79. The molecule has 0 aliphatic carbocycles. The maximum absolute atomic E-state index is 12.6. The van der Waals surface area contributed by atoms with Gasteiger partial charge in [0.15, 0.2) is 0 Å². The Bertz CT molecular complexity index is 858. The van der Waals surface area contributed by atoms with Crippen LogP contribution in [-0.2, 0) is 28.3 Å². The van der Waals surface area contributed by atoms with Crippen LogP contribution in [0.15, 0.2) is 0 Å². The van der Waals surface area contributed by atoms with Crippen molar-refractivity contribution >= 4 is 16.2 Å². The van der Waals surface area contributed by atoms with Crippen molar-refractivity contribution in [3.8, 4) is 5.88 Å². The highest BCUT2D eigenvalue weighted by atomic mass is 32.2. The van der Waals surface area contributed by atoms with Gasteiger partial charge in [-0.3, -0.25) is 4.90 Å². The fourth-order valence-electron chi connectivity index (χ4n) is 2.62. The van der Waals surface area contributed by atoms with E-state index < -0.39 is 33.6 Å². The van der Waals surface area contributed by atoms with Crippen LogP contribution in [0.3, 0.4) is 0 Å². The Balaban J connectivity index is 2.27. The predicted octanol–water partition coefficient (Wildman–Crippen LogP) is 3.14. The highest BCUT2D eigenvalue weighted by Crippen LogP contribution is 2.37. The van der Waals surface area contributed by atoms with Gasteiger partial charge in [-0.25, -0.2) is 9.48 Å². The largest absolute Gasteiger partial charge is 0.534 e. The number of aryl methyl sites for hydroxylation is 1. The molecular formula is C16H24F3N3O5S. The molecule has 0 fully saturated rings. The molecule has 160 valence electrons. The van der Waals surface area contributed by atoms with E-state index in [0.29, 0.717) is 0 Å². The van der Waals surface area contributed by atoms with Crippen molar-refractivity contribution in [2.24, 2.45) is 12.5 Å². The number of rotatable bonds is 3. The van der Waals surface area contributed by atoms with Gasteiger partial charge < -0.3 is 8.92 Å². The number of hydrogen-bond donors (Lipinski definition) is 0. The molecular weight excluding hydrogens is 403 g/mol. The summed E-state index contributed by atoms with van der Waals surface area (Å²) >= 11 is 0. The first-order chi connectivity index (χ1) is 12.6. The SMILES string of the molecule is CC(OC(=O)N1CCc2c(nn(C)c2OS(=O)(=O)C(F)(F)F)[C@@H]1C)C(C)(C)C. The molecule has 8 nitrogen and oxygen atoms in total. The Morgan fingerprint density at radius 3 is 2.36 bits per heavy atom. The van der Waals surface area contributed by atoms with Gasteiger partial charge in [-0.15, -0.1) is 0 Å². The van der Waals surface area contributed by atoms with Crippen LogP contribution in [0.5, 0.6) is 5.88 Å². The van der Waals surface area contributed by atoms with E-state index >= 15 is 0 Å². The summed E-state index contributed by atoms with van der Waals surface area (Å²) in [6.07, 6.45) is -0.861. The van der Waals surface area contributed by atoms with Gasteiger partial charge in [0.25, 0.3) is 0 Å². The predicted molar refractivity (Wildman–Crippen MR) is 93.0 cm³/mol. The van der Waals surface area contributed by atoms with Crippen molar-refractivity contribution in [1.82, 2.24) is 14.7 Å². The van der Waals surface area contributed by atoms with Gasteiger partial charge in [-0.05, 0) is 25.7 Å². The molecule has 2 rings (SSSR count). The average Bonchev–Trinajstić information content (AvgIpc) is 2.82. The van der Waals surface area contributed by atoms with E-state index in [0.717, 1.165) is 4.68 Å². The Labute approximate surface area is 161 Å². The summed E-state index contributed by atoms with van der Waals surface area (Å²) < 4.78 is 71.3. The van der Waals surface area contributed by atoms with Crippen LogP contribution in [-0.4, -0.2) is 47.3 Å². The highest BCUT2D eigenvalue weighted by molar-refractivity contribution is 7.87. The first-order valence-corrected chi connectivity index (χ1v) is 10.0. The molecule has 0 saturated carbocycles. The number of ether oxygens (including phenoxy) is 1. The monoisotopic (exact) mass is 427 g/mol. The molecule has 0 bridgehead atoms. The fraction of sp³-hybridized carbons (Fsp3) is 0.750. The van der Waals surface area contributed by atoms with Gasteiger partial charge >= 0.3 is 21.7 Å². The van der Waals surface area contributed by atoms with Crippen molar-refractivity contribution in [2.45, 2.75) is 58.7 Å². The molecule has 0 radical (unpaired) electrons. The van der Waals surface area contributed by atoms with Crippen LogP contribution >= 0.6 is 0 Å². The maximum Gasteiger partial charge on any atom is 0.534 e. The van der Waals surface area contributed by atoms with Crippen molar-refractivity contribution in [3.05, 3.63) is 11.3 Å². The Kier molecular flexibility index (Phi) is 5.68. The van der Waals surface area contributed by atoms with E-state index in [9.17, 15) is 26.4 Å². The van der Waals surface area contributed by atoms with Gasteiger partial charge in [0.1, 0.15) is 6.10 Å². The number of amides is 1. The Morgan fingerprint density at radius 2 is 1.86 bits per heavy atom. The molecule has 12 heteroatoms. The normalized spacial score (nSPS) is 19.2. The van der Waals surface area contributed by atoms with Crippen LogP contribution < -0.4 is 4.18 Å². The minimum atomic E-state index is -5.82. The number of halogens is 3. The van der Waals surface area contributed by atoms with Gasteiger partial charge in [-0.2, -0.15) is 26.7 Å². The Hall–Kier alpha value is -1.98. The second-order valence-electron chi connectivity index (χ2n) is 7.79. The smallest absolute Gasteiger partial charge is 0.446 e. The topological polar surface area (TPSA) is 90.7 Å². The number of carbonyl (C=O) groups excluding carboxylic acids is 1. The molecule has 0 N–H and O–H groups in total. The van der Waals surface area contributed by atoms with Crippen molar-refractivity contribution < 1.29 is 35.3 Å². The first-order valence-electron chi connectivity index (χ1n) is 8.60. The summed E-state index contributed by atoms with van der Waals surface area (Å²) in [7, 11) is -4.55. The standard InChI is InChI=1S/C16H24F3N3O5S/c1-9-12-11(7-8-22(9)14(23)26-10(2)15(3,4)5)13(21(6)20-12)27-28(24,25)16(17,18)19/h9-10H,7-8H2,1-6H3/t9-,10?/m0/s1. The number of fused-ring (bicyclic) bond motifs is 1. The van der Waals surface area contributed by atoms with Crippen LogP contribution in [0.2, 0.25) is 0 Å². The molecule has 0 spiro atoms. The second kappa shape index (κ2) is 7.12. The van der Waals surface area contributed by atoms with E-state index in [-0.39, 0.29) is 35.7 Å². The molecule has 1 aromatic rings. The summed E-state index contributed by atoms with van der Waals surface area (Å²) in [5, 5.41) is 4.07. The lowest BCUT2D eigenvalue weighted by Gasteiger charge is -2.35. The van der Waals surface area contributed by atoms with Gasteiger partial charge in [-0.1, -0.05) is 20.8 Å². The average molecular weight is 427 g/mol. The molecule has 1 aliphatic heterocycles. The molecule has 2 heterocycles. The zero-order valence-electron chi connectivity index (χ0n) is 16.5. The first kappa shape index (κ1) is 22.3. The summed E-state index contributed by atoms with van der Waals surface area (Å²) in [6, 6.07) is -0.624. The zero-order chi connectivity index (χ0) is 21.7. The molecule has 28 heavy (non-hydrogen) atoms. The van der Waals surface area contributed by atoms with E-state index in [4.69, 9.17) is 4.74 Å². The summed E-state index contributed by atoms with van der Waals surface area (Å²) in [5.74, 6) is -0.504. The summed E-state index contributed by atoms with van der Waals surface area (Å²) in [5.41, 5.74) is -5.33. The number of aromatic nitrogens is 2. The molecule has 2 atom stereocenters. The van der Waals surface area contributed by atoms with E-state index in [1.54, 1.807) is 13.8 Å². The van der Waals surface area contributed by atoms with Gasteiger partial charge in [0, 0.05) is 19.2 Å². The van der Waals surface area contributed by atoms with E-state index in [1.165, 1.54) is 11.9 Å². The molecule has 1 aromatic heterocycles. The highest BCUT2D eigenvalue weighted by Gasteiger charge is 2.50. The van der Waals surface area contributed by atoms with Crippen molar-refractivity contribution in [3.63, 3.8) is 0 Å². The molecule has 1 amide bonds. The van der Waals surface area contributed by atoms with E-state index in [2.05, 4.69) is 9.28 Å². The van der Waals surface area contributed by atoms with Crippen LogP contribution in [0, 0.1) is 5.41 Å². The molecule has 1 unspecified atom stereocenters. The lowest BCUT2D eigenvalue weighted by Crippen LogP contribution is -2.42. The van der Waals surface area contributed by atoms with Crippen LogP contribution in [0.25, 0.3) is 0 Å². The van der Waals surface area contributed by atoms with Crippen LogP contribution in [0.4, 0.5) is 18.0 Å². The summed E-state index contributed by atoms with van der Waals surface area (Å²) in [6.45, 7) is 9.30. The number of nitrogens with zero attached hydrogens (tertiary/aromatic N) is 3. The number of carbonyl (C=O) groups is 1. The maximum atomic E-state index is 12.6. The quantitative estimate of drug-likeness (QED) is 0.544. The lowest BCUT2D eigenvalue weighted by atomic mass is 9.90. The summed E-state index contributed by atoms with van der Waals surface area (Å²) in [4.78, 5) is 13.9. The third-order valence-corrected chi connectivity index (χ3v) is 5.73. The minimum absolute atomic E-state index is 0.0786. The van der Waals surface area contributed by atoms with Crippen LogP contribution in [0.1, 0.15) is 51.9 Å². The van der Waals surface area contributed by atoms with Gasteiger partial charge in [0.2, 0.25) is 5.88 Å². The third kappa shape index (κ3) is 4.20. The van der Waals surface area contributed by atoms with Crippen molar-refractivity contribution in [2.75, 3.05) is 6.54 Å². The van der Waals surface area contributed by atoms with Gasteiger partial charge in [0.05, 0.1) is 11.7 Å². The molecule has 0 saturated heterocycles. The lowest BCUT2D eigenvalue weighted by molar-refractivity contribution is -0.0502. The van der Waals surface area contributed by atoms with E-state index in [1.807, 2.05) is 20.8 Å². The van der Waals surface area contributed by atoms with Crippen molar-refractivity contribution in [1.29, 1.82) is 0 Å². The molecule has 0 aromatic carbocycles. The number of alkyl halides is 3. The number of hydrogen-bond acceptors (Lipinski definition) is 6. The second-order valence-corrected chi connectivity index (χ2v) is 9.32. The molecule has 1 aliphatic rings.